The van der Waals surface area contributed by atoms with Crippen molar-refractivity contribution >= 4 is 35.0 Å². The molecule has 0 saturated carbocycles. The van der Waals surface area contributed by atoms with Crippen LogP contribution in [0.2, 0.25) is 10.0 Å². The van der Waals surface area contributed by atoms with E-state index in [0.29, 0.717) is 29.4 Å². The number of nitrogens with one attached hydrogen (secondary N) is 2. The molecule has 7 heteroatoms. The molecule has 0 aliphatic rings. The Balaban J connectivity index is 1.86. The normalized spacial score (nSPS) is 11.6. The summed E-state index contributed by atoms with van der Waals surface area (Å²) < 4.78 is 5.12. The first kappa shape index (κ1) is 23.0. The first-order valence-electron chi connectivity index (χ1n) is 9.56. The second-order valence-corrected chi connectivity index (χ2v) is 7.55. The Morgan fingerprint density at radius 3 is 2.45 bits per heavy atom. The molecular weight excluding hydrogens is 411 g/mol. The molecular formula is C22H26Cl2N2O3. The number of amides is 2. The molecule has 5 nitrogen and oxygen atoms in total. The maximum Gasteiger partial charge on any atom is 0.242 e. The number of methoxy groups -OCH3 is 1. The van der Waals surface area contributed by atoms with E-state index in [9.17, 15) is 9.59 Å². The monoisotopic (exact) mass is 436 g/mol. The smallest absolute Gasteiger partial charge is 0.242 e. The Kier molecular flexibility index (Phi) is 9.29. The van der Waals surface area contributed by atoms with Crippen molar-refractivity contribution in [3.63, 3.8) is 0 Å². The summed E-state index contributed by atoms with van der Waals surface area (Å²) >= 11 is 12.1. The number of hydrogen-bond donors (Lipinski definition) is 2. The topological polar surface area (TPSA) is 67.4 Å². The highest BCUT2D eigenvalue weighted by Crippen LogP contribution is 2.21. The lowest BCUT2D eigenvalue weighted by molar-refractivity contribution is -0.128. The molecule has 2 aromatic rings. The van der Waals surface area contributed by atoms with Crippen LogP contribution in [0.5, 0.6) is 5.75 Å². The Morgan fingerprint density at radius 2 is 1.83 bits per heavy atom. The third kappa shape index (κ3) is 7.59. The molecule has 156 valence electrons. The molecule has 0 aromatic heterocycles. The molecule has 0 saturated heterocycles. The number of rotatable bonds is 10. The molecule has 2 rings (SSSR count). The number of benzene rings is 2. The van der Waals surface area contributed by atoms with Gasteiger partial charge in [-0.2, -0.15) is 0 Å². The van der Waals surface area contributed by atoms with Crippen molar-refractivity contribution in [2.75, 3.05) is 13.7 Å². The van der Waals surface area contributed by atoms with Gasteiger partial charge in [-0.3, -0.25) is 9.59 Å². The first-order valence-corrected chi connectivity index (χ1v) is 10.3. The Bertz CT molecular complexity index is 825. The highest BCUT2D eigenvalue weighted by molar-refractivity contribution is 6.35. The molecule has 1 unspecified atom stereocenters. The fourth-order valence-corrected chi connectivity index (χ4v) is 3.40. The summed E-state index contributed by atoms with van der Waals surface area (Å²) in [4.78, 5) is 24.9. The van der Waals surface area contributed by atoms with Crippen LogP contribution in [0.4, 0.5) is 0 Å². The van der Waals surface area contributed by atoms with Crippen molar-refractivity contribution in [3.05, 3.63) is 63.6 Å². The number of halogens is 2. The van der Waals surface area contributed by atoms with Crippen molar-refractivity contribution in [1.29, 1.82) is 0 Å². The van der Waals surface area contributed by atoms with Crippen LogP contribution in [0.15, 0.2) is 42.5 Å². The molecule has 0 heterocycles. The van der Waals surface area contributed by atoms with E-state index in [2.05, 4.69) is 10.6 Å². The van der Waals surface area contributed by atoms with Gasteiger partial charge >= 0.3 is 0 Å². The summed E-state index contributed by atoms with van der Waals surface area (Å²) in [5.74, 6) is 0.350. The van der Waals surface area contributed by atoms with Crippen LogP contribution < -0.4 is 15.4 Å². The van der Waals surface area contributed by atoms with Crippen LogP contribution in [0, 0.1) is 0 Å². The summed E-state index contributed by atoms with van der Waals surface area (Å²) in [7, 11) is 1.59. The zero-order chi connectivity index (χ0) is 21.2. The van der Waals surface area contributed by atoms with E-state index in [1.165, 1.54) is 0 Å². The van der Waals surface area contributed by atoms with E-state index in [-0.39, 0.29) is 18.2 Å². The molecule has 1 atom stereocenters. The predicted octanol–water partition coefficient (Wildman–Crippen LogP) is 4.19. The van der Waals surface area contributed by atoms with Crippen LogP contribution in [0.3, 0.4) is 0 Å². The minimum atomic E-state index is -0.563. The average Bonchev–Trinajstić information content (AvgIpc) is 2.69. The molecule has 0 fully saturated rings. The molecule has 0 bridgehead atoms. The Morgan fingerprint density at radius 1 is 1.10 bits per heavy atom. The van der Waals surface area contributed by atoms with Crippen LogP contribution in [0.25, 0.3) is 0 Å². The van der Waals surface area contributed by atoms with Gasteiger partial charge in [0, 0.05) is 16.6 Å². The van der Waals surface area contributed by atoms with Gasteiger partial charge in [-0.15, -0.1) is 0 Å². The quantitative estimate of drug-likeness (QED) is 0.586. The minimum absolute atomic E-state index is 0.190. The number of carbonyl (C=O) groups is 2. The van der Waals surface area contributed by atoms with Crippen molar-refractivity contribution < 1.29 is 14.3 Å². The van der Waals surface area contributed by atoms with Crippen molar-refractivity contribution in [1.82, 2.24) is 10.6 Å². The van der Waals surface area contributed by atoms with E-state index in [1.807, 2.05) is 25.1 Å². The fourth-order valence-electron chi connectivity index (χ4n) is 2.90. The maximum atomic E-state index is 12.5. The van der Waals surface area contributed by atoms with Gasteiger partial charge in [0.1, 0.15) is 11.8 Å². The maximum absolute atomic E-state index is 12.5. The van der Waals surface area contributed by atoms with Crippen molar-refractivity contribution in [2.24, 2.45) is 0 Å². The number of carbonyl (C=O) groups excluding carboxylic acids is 2. The second kappa shape index (κ2) is 11.7. The zero-order valence-electron chi connectivity index (χ0n) is 16.6. The van der Waals surface area contributed by atoms with Gasteiger partial charge < -0.3 is 15.4 Å². The molecule has 0 radical (unpaired) electrons. The van der Waals surface area contributed by atoms with Gasteiger partial charge in [0.25, 0.3) is 0 Å². The van der Waals surface area contributed by atoms with E-state index < -0.39 is 6.04 Å². The molecule has 0 aliphatic heterocycles. The lowest BCUT2D eigenvalue weighted by Gasteiger charge is -2.18. The molecule has 2 aromatic carbocycles. The van der Waals surface area contributed by atoms with E-state index >= 15 is 0 Å². The summed E-state index contributed by atoms with van der Waals surface area (Å²) in [5, 5.41) is 6.87. The molecule has 29 heavy (non-hydrogen) atoms. The van der Waals surface area contributed by atoms with Gasteiger partial charge in [-0.05, 0) is 48.2 Å². The summed E-state index contributed by atoms with van der Waals surface area (Å²) in [6, 6.07) is 12.0. The lowest BCUT2D eigenvalue weighted by atomic mass is 10.1. The molecule has 2 N–H and O–H groups in total. The van der Waals surface area contributed by atoms with E-state index in [0.717, 1.165) is 23.3 Å². The van der Waals surface area contributed by atoms with Crippen molar-refractivity contribution in [3.8, 4) is 5.75 Å². The zero-order valence-corrected chi connectivity index (χ0v) is 18.1. The minimum Gasteiger partial charge on any atom is -0.497 e. The molecule has 0 spiro atoms. The summed E-state index contributed by atoms with van der Waals surface area (Å²) in [6.45, 7) is 2.40. The first-order chi connectivity index (χ1) is 13.9. The average molecular weight is 437 g/mol. The Hall–Kier alpha value is -2.24. The van der Waals surface area contributed by atoms with E-state index in [1.54, 1.807) is 31.4 Å². The van der Waals surface area contributed by atoms with Gasteiger partial charge in [0.15, 0.2) is 0 Å². The highest BCUT2D eigenvalue weighted by Gasteiger charge is 2.19. The van der Waals surface area contributed by atoms with E-state index in [4.69, 9.17) is 27.9 Å². The lowest BCUT2D eigenvalue weighted by Crippen LogP contribution is -2.47. The standard InChI is InChI=1S/C22H26Cl2N2O3/c1-3-4-20(26-21(27)13-15-5-9-18(29-2)10-6-15)22(28)25-12-11-16-7-8-17(23)14-19(16)24/h5-10,14,20H,3-4,11-13H2,1-2H3,(H,25,28)(H,26,27). The summed E-state index contributed by atoms with van der Waals surface area (Å²) in [6.07, 6.45) is 2.14. The highest BCUT2D eigenvalue weighted by atomic mass is 35.5. The van der Waals surface area contributed by atoms with Gasteiger partial charge in [-0.25, -0.2) is 0 Å². The fraction of sp³-hybridized carbons (Fsp3) is 0.364. The van der Waals surface area contributed by atoms with Crippen LogP contribution in [-0.2, 0) is 22.4 Å². The number of ether oxygens (including phenoxy) is 1. The summed E-state index contributed by atoms with van der Waals surface area (Å²) in [5.41, 5.74) is 1.77. The third-order valence-corrected chi connectivity index (χ3v) is 5.05. The van der Waals surface area contributed by atoms with Gasteiger partial charge in [0.05, 0.1) is 13.5 Å². The third-order valence-electron chi connectivity index (χ3n) is 4.46. The van der Waals surface area contributed by atoms with Crippen LogP contribution in [0.1, 0.15) is 30.9 Å². The molecule has 2 amide bonds. The predicted molar refractivity (Wildman–Crippen MR) is 117 cm³/mol. The molecule has 0 aliphatic carbocycles. The van der Waals surface area contributed by atoms with Crippen molar-refractivity contribution in [2.45, 2.75) is 38.6 Å². The largest absolute Gasteiger partial charge is 0.497 e. The SMILES string of the molecule is CCCC(NC(=O)Cc1ccc(OC)cc1)C(=O)NCCc1ccc(Cl)cc1Cl. The van der Waals surface area contributed by atoms with Gasteiger partial charge in [0.2, 0.25) is 11.8 Å². The van der Waals surface area contributed by atoms with Crippen LogP contribution >= 0.6 is 23.2 Å². The van der Waals surface area contributed by atoms with Gasteiger partial charge in [-0.1, -0.05) is 54.7 Å². The van der Waals surface area contributed by atoms with Crippen LogP contribution in [-0.4, -0.2) is 31.5 Å². The number of hydrogen-bond acceptors (Lipinski definition) is 3. The Labute approximate surface area is 181 Å². The second-order valence-electron chi connectivity index (χ2n) is 6.71.